The molecule has 0 spiro atoms. The van der Waals surface area contributed by atoms with Crippen molar-refractivity contribution in [3.8, 4) is 0 Å². The zero-order valence-corrected chi connectivity index (χ0v) is 18.9. The molecule has 0 amide bonds. The van der Waals surface area contributed by atoms with E-state index in [-0.39, 0.29) is 33.2 Å². The van der Waals surface area contributed by atoms with E-state index < -0.39 is 0 Å². The second-order valence-electron chi connectivity index (χ2n) is 8.73. The molecule has 0 N–H and O–H groups in total. The Morgan fingerprint density at radius 1 is 0.700 bits per heavy atom. The summed E-state index contributed by atoms with van der Waals surface area (Å²) in [5, 5.41) is 0. The number of hydrogen-bond acceptors (Lipinski definition) is 0. The van der Waals surface area contributed by atoms with Crippen molar-refractivity contribution in [3.63, 3.8) is 0 Å². The maximum absolute atomic E-state index is 2.65. The minimum atomic E-state index is -0.133. The Hall–Kier alpha value is 0.740. The predicted octanol–water partition coefficient (Wildman–Crippen LogP) is 5.26. The third kappa shape index (κ3) is 4.37. The molecule has 0 atom stereocenters. The molecule has 0 heterocycles. The van der Waals surface area contributed by atoms with Crippen LogP contribution in [0.2, 0.25) is 0 Å². The van der Waals surface area contributed by atoms with Gasteiger partial charge in [-0.2, -0.15) is 0 Å². The molecule has 0 aliphatic rings. The van der Waals surface area contributed by atoms with Crippen molar-refractivity contribution in [2.24, 2.45) is 0 Å². The summed E-state index contributed by atoms with van der Waals surface area (Å²) in [4.78, 5) is 0. The molecule has 1 aromatic rings. The fourth-order valence-corrected chi connectivity index (χ4v) is 8.00. The third-order valence-corrected chi connectivity index (χ3v) is 8.30. The van der Waals surface area contributed by atoms with Crippen LogP contribution in [0.15, 0.2) is 12.1 Å². The zero-order valence-electron chi connectivity index (χ0n) is 14.4. The Morgan fingerprint density at radius 2 is 1.05 bits per heavy atom. The summed E-state index contributed by atoms with van der Waals surface area (Å²) in [5.41, 5.74) is 5.30. The Bertz CT molecular complexity index is 447. The summed E-state index contributed by atoms with van der Waals surface area (Å²) in [5.74, 6) is 0. The number of benzene rings is 1. The van der Waals surface area contributed by atoms with E-state index in [9.17, 15) is 0 Å². The molecule has 2 heteroatoms. The van der Waals surface area contributed by atoms with Gasteiger partial charge in [0.2, 0.25) is 0 Å². The molecule has 1 rings (SSSR count). The molecule has 0 aliphatic carbocycles. The van der Waals surface area contributed by atoms with Gasteiger partial charge in [0, 0.05) is 0 Å². The summed E-state index contributed by atoms with van der Waals surface area (Å²) >= 11 is 2.51. The van der Waals surface area contributed by atoms with E-state index in [1.54, 1.807) is 14.7 Å². The first kappa shape index (κ1) is 18.8. The first-order valence-corrected chi connectivity index (χ1v) is 15.2. The maximum atomic E-state index is 2.65. The summed E-state index contributed by atoms with van der Waals surface area (Å²) < 4.78 is 1.67. The van der Waals surface area contributed by atoms with E-state index in [0.29, 0.717) is 0 Å². The van der Waals surface area contributed by atoms with E-state index in [1.165, 1.54) is 5.56 Å². The molecule has 0 aliphatic heterocycles. The van der Waals surface area contributed by atoms with E-state index in [2.05, 4.69) is 93.1 Å². The molecule has 0 radical (unpaired) electrons. The van der Waals surface area contributed by atoms with Crippen LogP contribution >= 0.6 is 18.7 Å². The SMILES string of the molecule is CC(C)(C)c1cc(C(C)(C)C)c([Te]I)c(C(C)(C)C)c1. The van der Waals surface area contributed by atoms with Crippen molar-refractivity contribution >= 4 is 39.3 Å². The van der Waals surface area contributed by atoms with Crippen LogP contribution in [0.4, 0.5) is 0 Å². The molecule has 114 valence electrons. The van der Waals surface area contributed by atoms with Crippen LogP contribution < -0.4 is 3.61 Å². The van der Waals surface area contributed by atoms with Crippen molar-refractivity contribution in [1.29, 1.82) is 0 Å². The summed E-state index contributed by atoms with van der Waals surface area (Å²) in [6, 6.07) is 4.96. The number of halogens is 1. The Balaban J connectivity index is 3.75. The summed E-state index contributed by atoms with van der Waals surface area (Å²) in [6.45, 7) is 21.1. The number of hydrogen-bond donors (Lipinski definition) is 0. The summed E-state index contributed by atoms with van der Waals surface area (Å²) in [7, 11) is 0. The quantitative estimate of drug-likeness (QED) is 0.365. The van der Waals surface area contributed by atoms with Gasteiger partial charge in [0.05, 0.1) is 0 Å². The van der Waals surface area contributed by atoms with Gasteiger partial charge in [-0.1, -0.05) is 0 Å². The Kier molecular flexibility index (Phi) is 5.72. The monoisotopic (exact) mass is 502 g/mol. The molecule has 1 aromatic carbocycles. The van der Waals surface area contributed by atoms with E-state index >= 15 is 0 Å². The van der Waals surface area contributed by atoms with Gasteiger partial charge >= 0.3 is 147 Å². The van der Waals surface area contributed by atoms with Crippen LogP contribution in [0.1, 0.15) is 79.0 Å². The second-order valence-corrected chi connectivity index (χ2v) is 13.3. The molecule has 20 heavy (non-hydrogen) atoms. The van der Waals surface area contributed by atoms with Crippen LogP contribution in [-0.4, -0.2) is 17.0 Å². The van der Waals surface area contributed by atoms with Crippen molar-refractivity contribution in [2.45, 2.75) is 78.6 Å². The van der Waals surface area contributed by atoms with Crippen molar-refractivity contribution in [2.75, 3.05) is 0 Å². The first-order valence-electron chi connectivity index (χ1n) is 7.26. The topological polar surface area (TPSA) is 0 Å². The molecule has 0 bridgehead atoms. The Labute approximate surface area is 145 Å². The minimum absolute atomic E-state index is 0.133. The fraction of sp³-hybridized carbons (Fsp3) is 0.667. The zero-order chi connectivity index (χ0) is 15.9. The van der Waals surface area contributed by atoms with Crippen LogP contribution in [0.5, 0.6) is 0 Å². The predicted molar refractivity (Wildman–Crippen MR) is 102 cm³/mol. The average Bonchev–Trinajstić information content (AvgIpc) is 2.23. The molecular weight excluding hydrogens is 471 g/mol. The van der Waals surface area contributed by atoms with E-state index in [1.807, 2.05) is 0 Å². The van der Waals surface area contributed by atoms with E-state index in [0.717, 1.165) is 0 Å². The molecular formula is C18H29ITe. The standard InChI is InChI=1S/C18H29ITe/c1-16(2,3)12-10-13(17(4,5)6)15(20-19)14(11-12)18(7,8)9/h10-11H,1-9H3. The second kappa shape index (κ2) is 6.09. The van der Waals surface area contributed by atoms with E-state index in [4.69, 9.17) is 0 Å². The summed E-state index contributed by atoms with van der Waals surface area (Å²) in [6.07, 6.45) is 0. The molecule has 0 nitrogen and oxygen atoms in total. The van der Waals surface area contributed by atoms with Gasteiger partial charge in [-0.15, -0.1) is 0 Å². The molecule has 0 saturated heterocycles. The first-order chi connectivity index (χ1) is 8.78. The molecule has 0 fully saturated rings. The normalized spacial score (nSPS) is 13.7. The van der Waals surface area contributed by atoms with Gasteiger partial charge in [-0.05, 0) is 0 Å². The molecule has 0 aromatic heterocycles. The molecule has 0 saturated carbocycles. The van der Waals surface area contributed by atoms with Gasteiger partial charge in [-0.3, -0.25) is 0 Å². The van der Waals surface area contributed by atoms with Crippen molar-refractivity contribution in [1.82, 2.24) is 0 Å². The molecule has 0 unspecified atom stereocenters. The number of rotatable bonds is 1. The van der Waals surface area contributed by atoms with Gasteiger partial charge in [0.1, 0.15) is 0 Å². The Morgan fingerprint density at radius 3 is 1.25 bits per heavy atom. The van der Waals surface area contributed by atoms with Gasteiger partial charge in [0.25, 0.3) is 0 Å². The third-order valence-electron chi connectivity index (χ3n) is 3.65. The van der Waals surface area contributed by atoms with Gasteiger partial charge < -0.3 is 0 Å². The van der Waals surface area contributed by atoms with Crippen LogP contribution in [0.25, 0.3) is 0 Å². The average molecular weight is 500 g/mol. The van der Waals surface area contributed by atoms with Crippen LogP contribution in [0.3, 0.4) is 0 Å². The van der Waals surface area contributed by atoms with Gasteiger partial charge in [-0.25, -0.2) is 0 Å². The fourth-order valence-electron chi connectivity index (χ4n) is 2.26. The van der Waals surface area contributed by atoms with Crippen LogP contribution in [-0.2, 0) is 16.2 Å². The van der Waals surface area contributed by atoms with Crippen molar-refractivity contribution < 1.29 is 0 Å². The van der Waals surface area contributed by atoms with Crippen molar-refractivity contribution in [3.05, 3.63) is 28.8 Å². The van der Waals surface area contributed by atoms with Crippen LogP contribution in [0, 0.1) is 0 Å². The van der Waals surface area contributed by atoms with Gasteiger partial charge in [0.15, 0.2) is 0 Å².